The molecule has 1 nitrogen and oxygen atoms in total. The van der Waals surface area contributed by atoms with Crippen LogP contribution in [0.25, 0.3) is 49.5 Å². The van der Waals surface area contributed by atoms with Gasteiger partial charge in [-0.2, -0.15) is 0 Å². The molecule has 0 amide bonds. The number of allylic oxidation sites excluding steroid dienone is 4. The SMILES string of the molecule is C=Cc1sc2c(-c3ccc(N(c4ccccc4)c4ccc(-c5ccc6c(c5)C(C)(C)c5cc(SC7=C(C)C=CCC7)ccc5-6)cc4C)c(C)c3)cccc2c1CC. The molecule has 2 aliphatic carbocycles. The highest BCUT2D eigenvalue weighted by Crippen LogP contribution is 2.52. The largest absolute Gasteiger partial charge is 0.310 e. The number of hydrogen-bond acceptors (Lipinski definition) is 3. The highest BCUT2D eigenvalue weighted by atomic mass is 32.2. The minimum absolute atomic E-state index is 0.0861. The molecule has 0 atom stereocenters. The first-order chi connectivity index (χ1) is 27.7. The van der Waals surface area contributed by atoms with Crippen LogP contribution in [0.15, 0.2) is 155 Å². The van der Waals surface area contributed by atoms with Crippen molar-refractivity contribution in [2.45, 2.75) is 71.1 Å². The number of para-hydroxylation sites is 1. The first kappa shape index (κ1) is 37.2. The highest BCUT2D eigenvalue weighted by molar-refractivity contribution is 8.03. The maximum Gasteiger partial charge on any atom is 0.0491 e. The molecule has 57 heavy (non-hydrogen) atoms. The van der Waals surface area contributed by atoms with Crippen LogP contribution in [0.4, 0.5) is 17.1 Å². The van der Waals surface area contributed by atoms with Crippen molar-refractivity contribution in [1.82, 2.24) is 0 Å². The summed E-state index contributed by atoms with van der Waals surface area (Å²) >= 11 is 3.80. The van der Waals surface area contributed by atoms with Crippen LogP contribution in [0.3, 0.4) is 0 Å². The molecule has 0 bridgehead atoms. The van der Waals surface area contributed by atoms with Crippen LogP contribution in [0.5, 0.6) is 0 Å². The van der Waals surface area contributed by atoms with Crippen molar-refractivity contribution < 1.29 is 0 Å². The van der Waals surface area contributed by atoms with E-state index >= 15 is 0 Å². The third-order valence-corrected chi connectivity index (χ3v) is 14.7. The fourth-order valence-corrected chi connectivity index (χ4v) is 11.4. The summed E-state index contributed by atoms with van der Waals surface area (Å²) in [6.07, 6.45) is 9.85. The molecule has 0 saturated heterocycles. The fourth-order valence-electron chi connectivity index (χ4n) is 9.09. The topological polar surface area (TPSA) is 3.24 Å². The number of aryl methyl sites for hydroxylation is 3. The van der Waals surface area contributed by atoms with E-state index < -0.39 is 0 Å². The molecule has 0 aliphatic heterocycles. The Labute approximate surface area is 347 Å². The van der Waals surface area contributed by atoms with Crippen LogP contribution >= 0.6 is 23.1 Å². The number of fused-ring (bicyclic) bond motifs is 4. The van der Waals surface area contributed by atoms with Gasteiger partial charge in [0, 0.05) is 36.9 Å². The van der Waals surface area contributed by atoms with E-state index in [9.17, 15) is 0 Å². The Morgan fingerprint density at radius 3 is 2.09 bits per heavy atom. The van der Waals surface area contributed by atoms with Gasteiger partial charge in [-0.25, -0.2) is 0 Å². The van der Waals surface area contributed by atoms with E-state index in [4.69, 9.17) is 0 Å². The van der Waals surface area contributed by atoms with E-state index in [2.05, 4.69) is 187 Å². The number of anilines is 3. The van der Waals surface area contributed by atoms with Crippen molar-refractivity contribution in [3.8, 4) is 33.4 Å². The summed E-state index contributed by atoms with van der Waals surface area (Å²) in [5.74, 6) is 0. The van der Waals surface area contributed by atoms with Gasteiger partial charge in [0.2, 0.25) is 0 Å². The molecule has 1 heterocycles. The van der Waals surface area contributed by atoms with Gasteiger partial charge in [-0.15, -0.1) is 11.3 Å². The number of thioether (sulfide) groups is 1. The quantitative estimate of drug-likeness (QED) is 0.144. The zero-order chi connectivity index (χ0) is 39.4. The molecule has 9 rings (SSSR count). The van der Waals surface area contributed by atoms with Crippen LogP contribution < -0.4 is 4.90 Å². The molecule has 0 spiro atoms. The second kappa shape index (κ2) is 14.9. The van der Waals surface area contributed by atoms with E-state index in [1.54, 1.807) is 0 Å². The molecule has 6 aromatic carbocycles. The molecule has 3 heteroatoms. The number of benzene rings is 6. The summed E-state index contributed by atoms with van der Waals surface area (Å²) < 4.78 is 1.34. The fraction of sp³-hybridized carbons (Fsp3) is 0.185. The van der Waals surface area contributed by atoms with Gasteiger partial charge in [0.1, 0.15) is 0 Å². The van der Waals surface area contributed by atoms with Gasteiger partial charge < -0.3 is 4.90 Å². The molecule has 7 aromatic rings. The van der Waals surface area contributed by atoms with Crippen molar-refractivity contribution in [2.75, 3.05) is 4.90 Å². The minimum atomic E-state index is -0.0861. The Bertz CT molecular complexity index is 2780. The third-order valence-electron chi connectivity index (χ3n) is 12.2. The van der Waals surface area contributed by atoms with Crippen LogP contribution in [0, 0.1) is 13.8 Å². The molecular weight excluding hydrogens is 727 g/mol. The van der Waals surface area contributed by atoms with Crippen LogP contribution in [-0.2, 0) is 11.8 Å². The monoisotopic (exact) mass is 775 g/mol. The Morgan fingerprint density at radius 2 is 1.39 bits per heavy atom. The maximum atomic E-state index is 4.12. The van der Waals surface area contributed by atoms with E-state index in [0.717, 1.165) is 24.9 Å². The third kappa shape index (κ3) is 6.51. The second-order valence-corrected chi connectivity index (χ2v) is 18.3. The average Bonchev–Trinajstić information content (AvgIpc) is 3.71. The average molecular weight is 776 g/mol. The summed E-state index contributed by atoms with van der Waals surface area (Å²) in [7, 11) is 0. The number of rotatable bonds is 9. The van der Waals surface area contributed by atoms with E-state index in [0.29, 0.717) is 0 Å². The van der Waals surface area contributed by atoms with Crippen molar-refractivity contribution in [3.05, 3.63) is 183 Å². The lowest BCUT2D eigenvalue weighted by Gasteiger charge is -2.29. The Morgan fingerprint density at radius 1 is 0.719 bits per heavy atom. The summed E-state index contributed by atoms with van der Waals surface area (Å²) in [6.45, 7) is 17.9. The van der Waals surface area contributed by atoms with Crippen LogP contribution in [0.1, 0.15) is 73.2 Å². The molecule has 282 valence electrons. The summed E-state index contributed by atoms with van der Waals surface area (Å²) in [5, 5.41) is 1.35. The van der Waals surface area contributed by atoms with Gasteiger partial charge in [-0.05, 0) is 172 Å². The van der Waals surface area contributed by atoms with Crippen molar-refractivity contribution in [2.24, 2.45) is 0 Å². The Hall–Kier alpha value is -5.35. The predicted molar refractivity (Wildman–Crippen MR) is 251 cm³/mol. The Kier molecular flexibility index (Phi) is 9.71. The van der Waals surface area contributed by atoms with Gasteiger partial charge in [-0.3, -0.25) is 0 Å². The molecule has 0 radical (unpaired) electrons. The maximum absolute atomic E-state index is 4.12. The molecule has 0 fully saturated rings. The standard InChI is InChI=1S/C54H49NS2/c1-8-42-46-20-15-19-43(53(46)57-51(42)9-2)39-24-29-50(36(5)31-39)55(40-17-11-10-12-18-40)49-28-23-37(30-35(49)4)38-22-26-44-45-27-25-41(56-52-21-14-13-16-34(52)3)33-48(45)54(6,7)47(44)32-38/h9-13,15-20,22-33H,2,8,14,21H2,1,3-7H3. The Balaban J connectivity index is 1.05. The lowest BCUT2D eigenvalue weighted by Crippen LogP contribution is -2.15. The van der Waals surface area contributed by atoms with E-state index in [1.807, 2.05) is 29.2 Å². The zero-order valence-corrected chi connectivity index (χ0v) is 35.5. The molecule has 0 unspecified atom stereocenters. The number of thiophene rings is 1. The van der Waals surface area contributed by atoms with Gasteiger partial charge in [0.05, 0.1) is 0 Å². The zero-order valence-electron chi connectivity index (χ0n) is 33.9. The summed E-state index contributed by atoms with van der Waals surface area (Å²) in [6, 6.07) is 45.7. The molecule has 1 aromatic heterocycles. The summed E-state index contributed by atoms with van der Waals surface area (Å²) in [4.78, 5) is 6.53. The van der Waals surface area contributed by atoms with Crippen LogP contribution in [0.2, 0.25) is 0 Å². The lowest BCUT2D eigenvalue weighted by atomic mass is 9.81. The van der Waals surface area contributed by atoms with Gasteiger partial charge >= 0.3 is 0 Å². The highest BCUT2D eigenvalue weighted by Gasteiger charge is 2.36. The molecule has 2 aliphatic rings. The van der Waals surface area contributed by atoms with E-state index in [1.165, 1.54) is 103 Å². The first-order valence-corrected chi connectivity index (χ1v) is 21.9. The van der Waals surface area contributed by atoms with Crippen LogP contribution in [-0.4, -0.2) is 0 Å². The summed E-state index contributed by atoms with van der Waals surface area (Å²) in [5.41, 5.74) is 19.3. The van der Waals surface area contributed by atoms with Gasteiger partial charge in [-0.1, -0.05) is 124 Å². The predicted octanol–water partition coefficient (Wildman–Crippen LogP) is 16.5. The first-order valence-electron chi connectivity index (χ1n) is 20.2. The number of hydrogen-bond donors (Lipinski definition) is 0. The van der Waals surface area contributed by atoms with E-state index in [-0.39, 0.29) is 5.41 Å². The van der Waals surface area contributed by atoms with Gasteiger partial charge in [0.25, 0.3) is 0 Å². The second-order valence-electron chi connectivity index (χ2n) is 16.1. The van der Waals surface area contributed by atoms with Gasteiger partial charge in [0.15, 0.2) is 0 Å². The van der Waals surface area contributed by atoms with Crippen molar-refractivity contribution in [1.29, 1.82) is 0 Å². The lowest BCUT2D eigenvalue weighted by molar-refractivity contribution is 0.659. The normalized spacial score (nSPS) is 14.2. The van der Waals surface area contributed by atoms with Crippen molar-refractivity contribution in [3.63, 3.8) is 0 Å². The molecule has 0 N–H and O–H groups in total. The molecule has 0 saturated carbocycles. The smallest absolute Gasteiger partial charge is 0.0491 e. The van der Waals surface area contributed by atoms with Crippen molar-refractivity contribution >= 4 is 56.3 Å². The number of nitrogens with zero attached hydrogens (tertiary/aromatic N) is 1. The molecular formula is C54H49NS2. The minimum Gasteiger partial charge on any atom is -0.310 e.